The van der Waals surface area contributed by atoms with Gasteiger partial charge in [0, 0.05) is 24.3 Å². The number of fused-ring (bicyclic) bond motifs is 1. The molecular formula is C25H30N2O2. The summed E-state index contributed by atoms with van der Waals surface area (Å²) in [6.45, 7) is 5.18. The van der Waals surface area contributed by atoms with Crippen LogP contribution < -0.4 is 4.74 Å². The largest absolute Gasteiger partial charge is 0.496 e. The molecule has 1 aromatic heterocycles. The summed E-state index contributed by atoms with van der Waals surface area (Å²) in [5.74, 6) is 1.57. The summed E-state index contributed by atoms with van der Waals surface area (Å²) in [5.41, 5.74) is 1.23. The number of hydrogen-bond donors (Lipinski definition) is 0. The van der Waals surface area contributed by atoms with Crippen LogP contribution in [0.15, 0.2) is 60.9 Å². The molecule has 0 bridgehead atoms. The van der Waals surface area contributed by atoms with E-state index in [-0.39, 0.29) is 18.0 Å². The van der Waals surface area contributed by atoms with Crippen LogP contribution in [0, 0.1) is 5.92 Å². The van der Waals surface area contributed by atoms with Crippen LogP contribution in [0.1, 0.15) is 50.8 Å². The average molecular weight is 391 g/mol. The van der Waals surface area contributed by atoms with E-state index in [2.05, 4.69) is 47.6 Å². The normalized spacial score (nSPS) is 17.8. The maximum Gasteiger partial charge on any atom is 0.246 e. The molecule has 4 rings (SSSR count). The minimum atomic E-state index is -0.143. The minimum absolute atomic E-state index is 0.114. The van der Waals surface area contributed by atoms with E-state index in [1.54, 1.807) is 7.11 Å². The molecule has 1 fully saturated rings. The molecule has 2 heterocycles. The van der Waals surface area contributed by atoms with Crippen LogP contribution in [0.3, 0.4) is 0 Å². The molecule has 4 nitrogen and oxygen atoms in total. The number of benzene rings is 2. The highest BCUT2D eigenvalue weighted by Crippen LogP contribution is 2.40. The first-order chi connectivity index (χ1) is 14.1. The SMILES string of the molecule is COc1ccc(C2CCCN2C(=O)[C@H](CC(C)C)n2cccc2)c2ccccc12. The Morgan fingerprint density at radius 2 is 1.79 bits per heavy atom. The van der Waals surface area contributed by atoms with E-state index in [1.165, 1.54) is 10.9 Å². The number of aromatic nitrogens is 1. The third-order valence-corrected chi connectivity index (χ3v) is 6.00. The van der Waals surface area contributed by atoms with Crippen LogP contribution in [0.5, 0.6) is 5.75 Å². The van der Waals surface area contributed by atoms with Gasteiger partial charge in [-0.15, -0.1) is 0 Å². The fraction of sp³-hybridized carbons (Fsp3) is 0.400. The van der Waals surface area contributed by atoms with Gasteiger partial charge < -0.3 is 14.2 Å². The first-order valence-electron chi connectivity index (χ1n) is 10.6. The molecule has 0 saturated carbocycles. The van der Waals surface area contributed by atoms with Gasteiger partial charge in [0.05, 0.1) is 13.2 Å². The number of likely N-dealkylation sites (tertiary alicyclic amines) is 1. The van der Waals surface area contributed by atoms with Gasteiger partial charge in [0.1, 0.15) is 11.8 Å². The first-order valence-corrected chi connectivity index (χ1v) is 10.6. The number of nitrogens with zero attached hydrogens (tertiary/aromatic N) is 2. The Hall–Kier alpha value is -2.75. The van der Waals surface area contributed by atoms with E-state index in [1.807, 2.05) is 36.7 Å². The summed E-state index contributed by atoms with van der Waals surface area (Å²) in [7, 11) is 1.71. The summed E-state index contributed by atoms with van der Waals surface area (Å²) in [6, 6.07) is 16.5. The highest BCUT2D eigenvalue weighted by atomic mass is 16.5. The van der Waals surface area contributed by atoms with Gasteiger partial charge in [-0.25, -0.2) is 0 Å². The van der Waals surface area contributed by atoms with Crippen molar-refractivity contribution in [2.45, 2.75) is 45.2 Å². The standard InChI is InChI=1S/C25H30N2O2/c1-18(2)17-23(26-14-6-7-15-26)25(28)27-16-8-11-22(27)20-12-13-24(29-3)21-10-5-4-9-19(20)21/h4-7,9-10,12-15,18,22-23H,8,11,16-17H2,1-3H3/t22?,23-/m0/s1. The predicted molar refractivity (Wildman–Crippen MR) is 117 cm³/mol. The van der Waals surface area contributed by atoms with Crippen LogP contribution in [0.2, 0.25) is 0 Å². The van der Waals surface area contributed by atoms with Crippen LogP contribution in [-0.2, 0) is 4.79 Å². The zero-order valence-electron chi connectivity index (χ0n) is 17.5. The molecule has 4 heteroatoms. The fourth-order valence-corrected chi connectivity index (χ4v) is 4.66. The van der Waals surface area contributed by atoms with Gasteiger partial charge in [0.15, 0.2) is 0 Å². The molecule has 29 heavy (non-hydrogen) atoms. The Labute approximate surface area is 173 Å². The topological polar surface area (TPSA) is 34.5 Å². The first kappa shape index (κ1) is 19.6. The van der Waals surface area contributed by atoms with Gasteiger partial charge in [-0.05, 0) is 54.3 Å². The molecule has 2 atom stereocenters. The number of hydrogen-bond acceptors (Lipinski definition) is 2. The van der Waals surface area contributed by atoms with E-state index in [4.69, 9.17) is 4.74 Å². The molecule has 3 aromatic rings. The van der Waals surface area contributed by atoms with Crippen LogP contribution in [0.25, 0.3) is 10.8 Å². The lowest BCUT2D eigenvalue weighted by Gasteiger charge is -2.31. The number of ether oxygens (including phenoxy) is 1. The monoisotopic (exact) mass is 390 g/mol. The molecule has 152 valence electrons. The third kappa shape index (κ3) is 3.76. The Balaban J connectivity index is 1.71. The van der Waals surface area contributed by atoms with Crippen LogP contribution in [0.4, 0.5) is 0 Å². The number of carbonyl (C=O) groups is 1. The second-order valence-electron chi connectivity index (χ2n) is 8.37. The summed E-state index contributed by atoms with van der Waals surface area (Å²) < 4.78 is 7.64. The van der Waals surface area contributed by atoms with Crippen molar-refractivity contribution < 1.29 is 9.53 Å². The summed E-state index contributed by atoms with van der Waals surface area (Å²) in [5, 5.41) is 2.29. The van der Waals surface area contributed by atoms with E-state index in [0.717, 1.165) is 36.9 Å². The smallest absolute Gasteiger partial charge is 0.246 e. The van der Waals surface area contributed by atoms with Gasteiger partial charge in [-0.1, -0.05) is 44.2 Å². The van der Waals surface area contributed by atoms with E-state index >= 15 is 0 Å². The predicted octanol–water partition coefficient (Wildman–Crippen LogP) is 5.60. The van der Waals surface area contributed by atoms with Crippen molar-refractivity contribution in [3.8, 4) is 5.75 Å². The van der Waals surface area contributed by atoms with Crippen LogP contribution >= 0.6 is 0 Å². The molecule has 1 unspecified atom stereocenters. The summed E-state index contributed by atoms with van der Waals surface area (Å²) in [4.78, 5) is 15.8. The molecule has 0 N–H and O–H groups in total. The maximum atomic E-state index is 13.7. The van der Waals surface area contributed by atoms with Crippen molar-refractivity contribution >= 4 is 16.7 Å². The van der Waals surface area contributed by atoms with Crippen LogP contribution in [-0.4, -0.2) is 29.0 Å². The third-order valence-electron chi connectivity index (χ3n) is 6.00. The molecule has 0 radical (unpaired) electrons. The average Bonchev–Trinajstić information content (AvgIpc) is 3.42. The van der Waals surface area contributed by atoms with Crippen molar-refractivity contribution in [3.05, 3.63) is 66.5 Å². The lowest BCUT2D eigenvalue weighted by atomic mass is 9.95. The molecule has 1 aliphatic heterocycles. The minimum Gasteiger partial charge on any atom is -0.496 e. The molecule has 1 amide bonds. The molecule has 1 aliphatic rings. The van der Waals surface area contributed by atoms with E-state index < -0.39 is 0 Å². The Morgan fingerprint density at radius 3 is 2.48 bits per heavy atom. The zero-order valence-corrected chi connectivity index (χ0v) is 17.5. The Morgan fingerprint density at radius 1 is 1.07 bits per heavy atom. The Bertz CT molecular complexity index is 978. The highest BCUT2D eigenvalue weighted by molar-refractivity contribution is 5.92. The second kappa shape index (κ2) is 8.32. The lowest BCUT2D eigenvalue weighted by molar-refractivity contribution is -0.136. The lowest BCUT2D eigenvalue weighted by Crippen LogP contribution is -2.37. The molecule has 0 aliphatic carbocycles. The molecule has 0 spiro atoms. The van der Waals surface area contributed by atoms with Gasteiger partial charge in [-0.3, -0.25) is 4.79 Å². The molecule has 1 saturated heterocycles. The van der Waals surface area contributed by atoms with E-state index in [0.29, 0.717) is 5.92 Å². The Kier molecular flexibility index (Phi) is 5.61. The van der Waals surface area contributed by atoms with Gasteiger partial charge >= 0.3 is 0 Å². The van der Waals surface area contributed by atoms with Gasteiger partial charge in [0.2, 0.25) is 5.91 Å². The van der Waals surface area contributed by atoms with Crippen molar-refractivity contribution in [2.24, 2.45) is 5.92 Å². The molecule has 2 aromatic carbocycles. The zero-order chi connectivity index (χ0) is 20.4. The number of rotatable bonds is 6. The number of methoxy groups -OCH3 is 1. The summed E-state index contributed by atoms with van der Waals surface area (Å²) in [6.07, 6.45) is 6.91. The van der Waals surface area contributed by atoms with E-state index in [9.17, 15) is 4.79 Å². The number of carbonyl (C=O) groups excluding carboxylic acids is 1. The number of amides is 1. The highest BCUT2D eigenvalue weighted by Gasteiger charge is 2.35. The van der Waals surface area contributed by atoms with Crippen molar-refractivity contribution in [1.82, 2.24) is 9.47 Å². The fourth-order valence-electron chi connectivity index (χ4n) is 4.66. The molecular weight excluding hydrogens is 360 g/mol. The second-order valence-corrected chi connectivity index (χ2v) is 8.37. The van der Waals surface area contributed by atoms with Gasteiger partial charge in [0.25, 0.3) is 0 Å². The summed E-state index contributed by atoms with van der Waals surface area (Å²) >= 11 is 0. The van der Waals surface area contributed by atoms with Crippen molar-refractivity contribution in [1.29, 1.82) is 0 Å². The maximum absolute atomic E-state index is 13.7. The van der Waals surface area contributed by atoms with Gasteiger partial charge in [-0.2, -0.15) is 0 Å². The van der Waals surface area contributed by atoms with Crippen molar-refractivity contribution in [2.75, 3.05) is 13.7 Å². The quantitative estimate of drug-likeness (QED) is 0.549. The van der Waals surface area contributed by atoms with Crippen molar-refractivity contribution in [3.63, 3.8) is 0 Å².